The number of benzene rings is 1. The summed E-state index contributed by atoms with van der Waals surface area (Å²) < 4.78 is 0. The third-order valence-electron chi connectivity index (χ3n) is 5.35. The molecule has 0 radical (unpaired) electrons. The number of nitrogens with one attached hydrogen (secondary N) is 1. The first kappa shape index (κ1) is 20.2. The zero-order valence-corrected chi connectivity index (χ0v) is 17.0. The Labute approximate surface area is 166 Å². The van der Waals surface area contributed by atoms with Crippen molar-refractivity contribution in [1.82, 2.24) is 10.2 Å². The Kier molecular flexibility index (Phi) is 5.96. The number of nitrogens with zero attached hydrogens (tertiary/aromatic N) is 2. The summed E-state index contributed by atoms with van der Waals surface area (Å²) in [6, 6.07) is 7.73. The molecule has 1 atom stereocenters. The van der Waals surface area contributed by atoms with Gasteiger partial charge in [0.15, 0.2) is 0 Å². The maximum absolute atomic E-state index is 13.4. The molecule has 0 aromatic heterocycles. The number of carbonyl (C=O) groups excluding carboxylic acids is 3. The van der Waals surface area contributed by atoms with Crippen LogP contribution in [0.15, 0.2) is 29.3 Å². The molecule has 1 aromatic rings. The van der Waals surface area contributed by atoms with Crippen LogP contribution in [0.5, 0.6) is 0 Å². The van der Waals surface area contributed by atoms with Crippen LogP contribution in [0.25, 0.3) is 0 Å². The zero-order chi connectivity index (χ0) is 20.3. The molecule has 2 aliphatic rings. The first-order valence-corrected chi connectivity index (χ1v) is 10.1. The summed E-state index contributed by atoms with van der Waals surface area (Å²) in [4.78, 5) is 45.4. The van der Waals surface area contributed by atoms with Gasteiger partial charge in [0.1, 0.15) is 5.92 Å². The number of carbonyl (C=O) groups is 3. The molecule has 2 heterocycles. The van der Waals surface area contributed by atoms with Gasteiger partial charge in [-0.25, -0.2) is 0 Å². The molecular weight excluding hydrogens is 354 g/mol. The predicted octanol–water partition coefficient (Wildman–Crippen LogP) is 2.14. The fraction of sp³-hybridized carbons (Fsp3) is 0.545. The molecule has 150 valence electrons. The van der Waals surface area contributed by atoms with Gasteiger partial charge >= 0.3 is 0 Å². The van der Waals surface area contributed by atoms with E-state index in [2.05, 4.69) is 5.32 Å². The van der Waals surface area contributed by atoms with E-state index in [4.69, 9.17) is 4.99 Å². The molecule has 0 unspecified atom stereocenters. The first-order valence-electron chi connectivity index (χ1n) is 10.1. The lowest BCUT2D eigenvalue weighted by molar-refractivity contribution is -0.145. The highest BCUT2D eigenvalue weighted by Crippen LogP contribution is 2.30. The van der Waals surface area contributed by atoms with Crippen LogP contribution in [-0.2, 0) is 20.8 Å². The van der Waals surface area contributed by atoms with Crippen LogP contribution in [0.1, 0.15) is 51.2 Å². The second-order valence-corrected chi connectivity index (χ2v) is 8.19. The lowest BCUT2D eigenvalue weighted by Crippen LogP contribution is -2.50. The van der Waals surface area contributed by atoms with Crippen LogP contribution in [0.2, 0.25) is 0 Å². The summed E-state index contributed by atoms with van der Waals surface area (Å²) in [5, 5.41) is 2.55. The number of aliphatic imine (C=N–C) groups is 1. The van der Waals surface area contributed by atoms with Gasteiger partial charge < -0.3 is 10.2 Å². The van der Waals surface area contributed by atoms with Crippen molar-refractivity contribution >= 4 is 23.3 Å². The summed E-state index contributed by atoms with van der Waals surface area (Å²) in [5.74, 6) is -2.93. The molecular formula is C22H29N3O3. The Bertz CT molecular complexity index is 807. The van der Waals surface area contributed by atoms with Gasteiger partial charge in [-0.1, -0.05) is 24.3 Å². The molecule has 3 rings (SSSR count). The van der Waals surface area contributed by atoms with Crippen molar-refractivity contribution in [2.45, 2.75) is 52.0 Å². The molecule has 0 bridgehead atoms. The van der Waals surface area contributed by atoms with Crippen molar-refractivity contribution in [3.63, 3.8) is 0 Å². The van der Waals surface area contributed by atoms with Gasteiger partial charge in [0.2, 0.25) is 11.7 Å². The summed E-state index contributed by atoms with van der Waals surface area (Å²) in [6.45, 7) is 7.31. The lowest BCUT2D eigenvalue weighted by atomic mass is 9.81. The van der Waals surface area contributed by atoms with E-state index in [9.17, 15) is 14.4 Å². The molecule has 1 saturated heterocycles. The molecule has 6 heteroatoms. The largest absolute Gasteiger partial charge is 0.350 e. The van der Waals surface area contributed by atoms with Gasteiger partial charge in [-0.2, -0.15) is 0 Å². The molecule has 2 aliphatic heterocycles. The number of hydrogen-bond donors (Lipinski definition) is 1. The third-order valence-corrected chi connectivity index (χ3v) is 5.35. The molecule has 0 saturated carbocycles. The van der Waals surface area contributed by atoms with Gasteiger partial charge in [0, 0.05) is 25.2 Å². The zero-order valence-electron chi connectivity index (χ0n) is 17.0. The summed E-state index contributed by atoms with van der Waals surface area (Å²) in [6.07, 6.45) is 3.65. The van der Waals surface area contributed by atoms with Crippen LogP contribution in [0.3, 0.4) is 0 Å². The van der Waals surface area contributed by atoms with Crippen molar-refractivity contribution in [1.29, 1.82) is 0 Å². The predicted molar refractivity (Wildman–Crippen MR) is 108 cm³/mol. The Balaban J connectivity index is 2.07. The number of piperidine rings is 1. The standard InChI is InChI=1S/C22H29N3O3/c1-4-23-20(27)19(26)17(21(28)25-12-8-5-9-13-25)18-16-11-7-6-10-15(16)14-22(2,3)24-18/h6-7,10-11,17H,4-5,8-9,12-14H2,1-3H3,(H,23,27)/t17-/m1/s1. The molecule has 0 spiro atoms. The second kappa shape index (κ2) is 8.25. The highest BCUT2D eigenvalue weighted by atomic mass is 16.2. The molecule has 2 amide bonds. The van der Waals surface area contributed by atoms with Crippen LogP contribution in [0, 0.1) is 5.92 Å². The van der Waals surface area contributed by atoms with Crippen molar-refractivity contribution in [3.05, 3.63) is 35.4 Å². The minimum Gasteiger partial charge on any atom is -0.350 e. The van der Waals surface area contributed by atoms with E-state index >= 15 is 0 Å². The van der Waals surface area contributed by atoms with Crippen LogP contribution in [-0.4, -0.2) is 53.4 Å². The van der Waals surface area contributed by atoms with Crippen LogP contribution < -0.4 is 5.32 Å². The highest BCUT2D eigenvalue weighted by molar-refractivity contribution is 6.47. The van der Waals surface area contributed by atoms with Crippen LogP contribution >= 0.6 is 0 Å². The van der Waals surface area contributed by atoms with Gasteiger partial charge in [0.25, 0.3) is 5.91 Å². The number of Topliss-reactive ketones (excluding diaryl/α,β-unsaturated/α-hetero) is 1. The van der Waals surface area contributed by atoms with E-state index in [-0.39, 0.29) is 5.91 Å². The minimum absolute atomic E-state index is 0.304. The van der Waals surface area contributed by atoms with Crippen LogP contribution in [0.4, 0.5) is 0 Å². The first-order chi connectivity index (χ1) is 13.3. The number of likely N-dealkylation sites (N-methyl/N-ethyl adjacent to an activating group) is 1. The Morgan fingerprint density at radius 2 is 1.82 bits per heavy atom. The lowest BCUT2D eigenvalue weighted by Gasteiger charge is -2.34. The topological polar surface area (TPSA) is 78.8 Å². The maximum Gasteiger partial charge on any atom is 0.288 e. The van der Waals surface area contributed by atoms with Crippen molar-refractivity contribution in [2.24, 2.45) is 10.9 Å². The quantitative estimate of drug-likeness (QED) is 0.625. The molecule has 1 N–H and O–H groups in total. The van der Waals surface area contributed by atoms with E-state index < -0.39 is 23.1 Å². The van der Waals surface area contributed by atoms with E-state index in [1.807, 2.05) is 38.1 Å². The third kappa shape index (κ3) is 4.16. The molecule has 0 aliphatic carbocycles. The fourth-order valence-electron chi connectivity index (χ4n) is 4.07. The number of rotatable bonds is 5. The second-order valence-electron chi connectivity index (χ2n) is 8.19. The minimum atomic E-state index is -1.19. The Morgan fingerprint density at radius 3 is 2.50 bits per heavy atom. The van der Waals surface area contributed by atoms with E-state index in [1.165, 1.54) is 0 Å². The van der Waals surface area contributed by atoms with E-state index in [0.717, 1.165) is 36.8 Å². The number of amides is 2. The average Bonchev–Trinajstić information content (AvgIpc) is 2.68. The number of hydrogen-bond acceptors (Lipinski definition) is 4. The monoisotopic (exact) mass is 383 g/mol. The normalized spacial score (nSPS) is 19.2. The average molecular weight is 383 g/mol. The fourth-order valence-corrected chi connectivity index (χ4v) is 4.07. The molecule has 6 nitrogen and oxygen atoms in total. The smallest absolute Gasteiger partial charge is 0.288 e. The van der Waals surface area contributed by atoms with Crippen molar-refractivity contribution in [2.75, 3.05) is 19.6 Å². The van der Waals surface area contributed by atoms with Gasteiger partial charge in [-0.05, 0) is 52.0 Å². The number of fused-ring (bicyclic) bond motifs is 1. The van der Waals surface area contributed by atoms with Gasteiger partial charge in [-0.3, -0.25) is 19.4 Å². The van der Waals surface area contributed by atoms with Gasteiger partial charge in [-0.15, -0.1) is 0 Å². The Morgan fingerprint density at radius 1 is 1.14 bits per heavy atom. The maximum atomic E-state index is 13.4. The van der Waals surface area contributed by atoms with Crippen molar-refractivity contribution in [3.8, 4) is 0 Å². The van der Waals surface area contributed by atoms with E-state index in [1.54, 1.807) is 11.8 Å². The van der Waals surface area contributed by atoms with Gasteiger partial charge in [0.05, 0.1) is 11.3 Å². The SMILES string of the molecule is CCNC(=O)C(=O)[C@H](C(=O)N1CCCCC1)C1=NC(C)(C)Cc2ccccc21. The summed E-state index contributed by atoms with van der Waals surface area (Å²) >= 11 is 0. The summed E-state index contributed by atoms with van der Waals surface area (Å²) in [7, 11) is 0. The van der Waals surface area contributed by atoms with Crippen molar-refractivity contribution < 1.29 is 14.4 Å². The molecule has 28 heavy (non-hydrogen) atoms. The summed E-state index contributed by atoms with van der Waals surface area (Å²) in [5.41, 5.74) is 1.84. The van der Waals surface area contributed by atoms with E-state index in [0.29, 0.717) is 25.3 Å². The highest BCUT2D eigenvalue weighted by Gasteiger charge is 2.42. The Hall–Kier alpha value is -2.50. The molecule has 1 aromatic carbocycles. The number of likely N-dealkylation sites (tertiary alicyclic amines) is 1. The molecule has 1 fully saturated rings. The number of ketones is 1.